The van der Waals surface area contributed by atoms with Gasteiger partial charge in [0.15, 0.2) is 0 Å². The van der Waals surface area contributed by atoms with E-state index < -0.39 is 5.97 Å². The molecule has 0 bridgehead atoms. The summed E-state index contributed by atoms with van der Waals surface area (Å²) in [4.78, 5) is 39.0. The van der Waals surface area contributed by atoms with Crippen LogP contribution < -0.4 is 10.6 Å². The summed E-state index contributed by atoms with van der Waals surface area (Å²) in [5, 5.41) is 24.4. The number of carboxylic acids is 1. The number of anilines is 1. The van der Waals surface area contributed by atoms with Crippen molar-refractivity contribution in [1.82, 2.24) is 10.3 Å². The molecule has 1 aromatic heterocycles. The largest absolute Gasteiger partial charge is 0.506 e. The van der Waals surface area contributed by atoms with Crippen molar-refractivity contribution in [3.63, 3.8) is 0 Å². The third-order valence-electron chi connectivity index (χ3n) is 4.19. The topological polar surface area (TPSA) is 129 Å². The molecular formula is C21H19N3O5. The zero-order valence-corrected chi connectivity index (χ0v) is 15.4. The van der Waals surface area contributed by atoms with Gasteiger partial charge < -0.3 is 20.8 Å². The van der Waals surface area contributed by atoms with Crippen LogP contribution in [0.25, 0.3) is 10.9 Å². The van der Waals surface area contributed by atoms with Gasteiger partial charge >= 0.3 is 5.97 Å². The summed E-state index contributed by atoms with van der Waals surface area (Å²) in [6.45, 7) is 0.184. The molecule has 4 N–H and O–H groups in total. The monoisotopic (exact) mass is 393 g/mol. The van der Waals surface area contributed by atoms with Crippen LogP contribution in [0.3, 0.4) is 0 Å². The average molecular weight is 393 g/mol. The first-order chi connectivity index (χ1) is 13.9. The zero-order chi connectivity index (χ0) is 20.8. The van der Waals surface area contributed by atoms with Gasteiger partial charge in [0, 0.05) is 17.4 Å². The predicted octanol–water partition coefficient (Wildman–Crippen LogP) is 2.67. The minimum Gasteiger partial charge on any atom is -0.506 e. The second-order valence-corrected chi connectivity index (χ2v) is 6.35. The Morgan fingerprint density at radius 1 is 0.966 bits per heavy atom. The maximum Gasteiger partial charge on any atom is 0.303 e. The molecule has 0 saturated carbocycles. The molecule has 3 aromatic rings. The fraction of sp³-hybridized carbons (Fsp3) is 0.143. The summed E-state index contributed by atoms with van der Waals surface area (Å²) < 4.78 is 0. The number of carbonyl (C=O) groups is 3. The van der Waals surface area contributed by atoms with Gasteiger partial charge in [-0.05, 0) is 36.4 Å². The van der Waals surface area contributed by atoms with Crippen molar-refractivity contribution >= 4 is 34.4 Å². The van der Waals surface area contributed by atoms with E-state index in [-0.39, 0.29) is 37.0 Å². The number of aromatic nitrogens is 1. The van der Waals surface area contributed by atoms with Gasteiger partial charge in [0.05, 0.1) is 29.9 Å². The first-order valence-corrected chi connectivity index (χ1v) is 8.90. The minimum atomic E-state index is -1.02. The van der Waals surface area contributed by atoms with E-state index in [1.807, 2.05) is 0 Å². The van der Waals surface area contributed by atoms with Crippen LogP contribution in [0.15, 0.2) is 54.6 Å². The Morgan fingerprint density at radius 2 is 1.76 bits per heavy atom. The standard InChI is InChI=1S/C21H19N3O5/c25-18-4-2-1-3-17(18)24-21(29)14-6-8-16-13(11-14)5-7-15(23-16)12-22-19(26)9-10-20(27)28/h1-8,11,25H,9-10,12H2,(H,22,26)(H,24,29)(H,27,28). The number of pyridine rings is 1. The smallest absolute Gasteiger partial charge is 0.303 e. The van der Waals surface area contributed by atoms with Gasteiger partial charge in [-0.15, -0.1) is 0 Å². The molecule has 29 heavy (non-hydrogen) atoms. The summed E-state index contributed by atoms with van der Waals surface area (Å²) in [6.07, 6.45) is -0.305. The lowest BCUT2D eigenvalue weighted by Gasteiger charge is -2.09. The molecule has 0 aliphatic heterocycles. The number of phenols is 1. The number of para-hydroxylation sites is 2. The van der Waals surface area contributed by atoms with Crippen LogP contribution >= 0.6 is 0 Å². The molecule has 8 heteroatoms. The van der Waals surface area contributed by atoms with Gasteiger partial charge in [0.2, 0.25) is 5.91 Å². The number of benzene rings is 2. The van der Waals surface area contributed by atoms with Crippen molar-refractivity contribution < 1.29 is 24.6 Å². The van der Waals surface area contributed by atoms with Gasteiger partial charge in [-0.25, -0.2) is 0 Å². The predicted molar refractivity (Wildman–Crippen MR) is 107 cm³/mol. The molecule has 0 fully saturated rings. The Balaban J connectivity index is 1.67. The Morgan fingerprint density at radius 3 is 2.52 bits per heavy atom. The third kappa shape index (κ3) is 5.29. The van der Waals surface area contributed by atoms with E-state index in [4.69, 9.17) is 5.11 Å². The van der Waals surface area contributed by atoms with E-state index in [2.05, 4.69) is 15.6 Å². The Labute approximate surface area is 166 Å². The van der Waals surface area contributed by atoms with Gasteiger partial charge in [0.1, 0.15) is 5.75 Å². The van der Waals surface area contributed by atoms with Crippen molar-refractivity contribution in [2.24, 2.45) is 0 Å². The SMILES string of the molecule is O=C(O)CCC(=O)NCc1ccc2cc(C(=O)Nc3ccccc3O)ccc2n1. The molecule has 1 heterocycles. The van der Waals surface area contributed by atoms with Gasteiger partial charge in [-0.2, -0.15) is 0 Å². The van der Waals surface area contributed by atoms with Crippen molar-refractivity contribution in [1.29, 1.82) is 0 Å². The number of carboxylic acid groups (broad SMARTS) is 1. The molecule has 2 amide bonds. The Hall–Kier alpha value is -3.94. The molecule has 8 nitrogen and oxygen atoms in total. The minimum absolute atomic E-state index is 0.0154. The van der Waals surface area contributed by atoms with E-state index in [0.717, 1.165) is 5.39 Å². The molecule has 0 aliphatic carbocycles. The van der Waals surface area contributed by atoms with Crippen LogP contribution in [0.1, 0.15) is 28.9 Å². The van der Waals surface area contributed by atoms with Crippen LogP contribution in [-0.4, -0.2) is 33.0 Å². The number of carbonyl (C=O) groups excluding carboxylic acids is 2. The quantitative estimate of drug-likeness (QED) is 0.457. The van der Waals surface area contributed by atoms with Gasteiger partial charge in [-0.1, -0.05) is 18.2 Å². The lowest BCUT2D eigenvalue weighted by molar-refractivity contribution is -0.138. The molecule has 0 aliphatic rings. The average Bonchev–Trinajstić information content (AvgIpc) is 2.71. The van der Waals surface area contributed by atoms with Crippen molar-refractivity contribution in [3.05, 3.63) is 65.9 Å². The molecule has 0 unspecified atom stereocenters. The molecule has 0 spiro atoms. The number of nitrogens with zero attached hydrogens (tertiary/aromatic N) is 1. The van der Waals surface area contributed by atoms with Gasteiger partial charge in [0.25, 0.3) is 5.91 Å². The molecule has 0 saturated heterocycles. The number of hydrogen-bond acceptors (Lipinski definition) is 5. The first kappa shape index (κ1) is 19.8. The van der Waals surface area contributed by atoms with E-state index in [1.54, 1.807) is 48.5 Å². The number of fused-ring (bicyclic) bond motifs is 1. The highest BCUT2D eigenvalue weighted by molar-refractivity contribution is 6.06. The Kier molecular flexibility index (Phi) is 6.03. The van der Waals surface area contributed by atoms with E-state index in [0.29, 0.717) is 22.5 Å². The van der Waals surface area contributed by atoms with E-state index in [1.165, 1.54) is 6.07 Å². The number of nitrogens with one attached hydrogen (secondary N) is 2. The number of aromatic hydroxyl groups is 1. The maximum absolute atomic E-state index is 12.4. The molecule has 148 valence electrons. The molecule has 0 radical (unpaired) electrons. The van der Waals surface area contributed by atoms with E-state index in [9.17, 15) is 19.5 Å². The summed E-state index contributed by atoms with van der Waals surface area (Å²) in [5.41, 5.74) is 2.01. The van der Waals surface area contributed by atoms with E-state index >= 15 is 0 Å². The second kappa shape index (κ2) is 8.83. The summed E-state index contributed by atoms with van der Waals surface area (Å²) >= 11 is 0. The van der Waals surface area contributed by atoms with Crippen LogP contribution in [0.4, 0.5) is 5.69 Å². The maximum atomic E-state index is 12.4. The van der Waals surface area contributed by atoms with Crippen molar-refractivity contribution in [3.8, 4) is 5.75 Å². The zero-order valence-electron chi connectivity index (χ0n) is 15.4. The molecular weight excluding hydrogens is 374 g/mol. The number of phenolic OH excluding ortho intramolecular Hbond substituents is 1. The molecule has 0 atom stereocenters. The third-order valence-corrected chi connectivity index (χ3v) is 4.19. The van der Waals surface area contributed by atoms with Crippen molar-refractivity contribution in [2.75, 3.05) is 5.32 Å². The van der Waals surface area contributed by atoms with Crippen molar-refractivity contribution in [2.45, 2.75) is 19.4 Å². The summed E-state index contributed by atoms with van der Waals surface area (Å²) in [6, 6.07) is 15.0. The highest BCUT2D eigenvalue weighted by atomic mass is 16.4. The molecule has 3 rings (SSSR count). The highest BCUT2D eigenvalue weighted by Gasteiger charge is 2.10. The van der Waals surface area contributed by atoms with Crippen LogP contribution in [-0.2, 0) is 16.1 Å². The summed E-state index contributed by atoms with van der Waals surface area (Å²) in [5.74, 6) is -1.75. The molecule has 2 aromatic carbocycles. The number of rotatable bonds is 7. The number of aliphatic carboxylic acids is 1. The Bertz CT molecular complexity index is 1080. The lowest BCUT2D eigenvalue weighted by Crippen LogP contribution is -2.23. The second-order valence-electron chi connectivity index (χ2n) is 6.35. The first-order valence-electron chi connectivity index (χ1n) is 8.90. The highest BCUT2D eigenvalue weighted by Crippen LogP contribution is 2.23. The normalized spacial score (nSPS) is 10.5. The summed E-state index contributed by atoms with van der Waals surface area (Å²) in [7, 11) is 0. The van der Waals surface area contributed by atoms with Crippen LogP contribution in [0, 0.1) is 0 Å². The van der Waals surface area contributed by atoms with Crippen LogP contribution in [0.2, 0.25) is 0 Å². The lowest BCUT2D eigenvalue weighted by atomic mass is 10.1. The van der Waals surface area contributed by atoms with Gasteiger partial charge in [-0.3, -0.25) is 19.4 Å². The van der Waals surface area contributed by atoms with Crippen LogP contribution in [0.5, 0.6) is 5.75 Å². The number of hydrogen-bond donors (Lipinski definition) is 4. The fourth-order valence-corrected chi connectivity index (χ4v) is 2.68. The number of amides is 2. The fourth-order valence-electron chi connectivity index (χ4n) is 2.68.